The summed E-state index contributed by atoms with van der Waals surface area (Å²) in [5, 5.41) is 2.88. The van der Waals surface area contributed by atoms with E-state index in [9.17, 15) is 14.5 Å². The van der Waals surface area contributed by atoms with Crippen LogP contribution >= 0.6 is 0 Å². The second-order valence-corrected chi connectivity index (χ2v) is 7.46. The molecule has 2 fully saturated rings. The minimum atomic E-state index is -0.527. The second-order valence-electron chi connectivity index (χ2n) is 7.46. The molecule has 132 valence electrons. The van der Waals surface area contributed by atoms with Crippen LogP contribution in [0, 0.1) is 16.7 Å². The Morgan fingerprint density at radius 2 is 1.42 bits per heavy atom. The van der Waals surface area contributed by atoms with Gasteiger partial charge in [0.25, 0.3) is 5.56 Å². The van der Waals surface area contributed by atoms with E-state index in [4.69, 9.17) is 0 Å². The molecule has 0 N–H and O–H groups in total. The molecule has 0 saturated heterocycles. The first-order valence-corrected chi connectivity index (χ1v) is 9.36. The molecule has 1 aromatic rings. The smallest absolute Gasteiger partial charge is 0.298 e. The van der Waals surface area contributed by atoms with Crippen LogP contribution in [-0.4, -0.2) is 9.13 Å². The fourth-order valence-electron chi connectivity index (χ4n) is 4.27. The summed E-state index contributed by atoms with van der Waals surface area (Å²) in [5.74, 6) is 0.811. The minimum absolute atomic E-state index is 0.138. The summed E-state index contributed by atoms with van der Waals surface area (Å²) in [6.45, 7) is 1.01. The zero-order valence-electron chi connectivity index (χ0n) is 14.3. The predicted molar refractivity (Wildman–Crippen MR) is 93.6 cm³/mol. The molecule has 0 aliphatic heterocycles. The van der Waals surface area contributed by atoms with Gasteiger partial charge in [-0.2, -0.15) is 0 Å². The average molecular weight is 333 g/mol. The van der Waals surface area contributed by atoms with Gasteiger partial charge in [0.2, 0.25) is 0 Å². The Kier molecular flexibility index (Phi) is 5.63. The largest absolute Gasteiger partial charge is 0.331 e. The first-order chi connectivity index (χ1) is 11.7. The number of hydrogen-bond donors (Lipinski definition) is 0. The van der Waals surface area contributed by atoms with Crippen molar-refractivity contribution in [3.05, 3.63) is 31.9 Å². The highest BCUT2D eigenvalue weighted by Gasteiger charge is 2.21. The van der Waals surface area contributed by atoms with Gasteiger partial charge >= 0.3 is 5.69 Å². The standard InChI is InChI=1S/C18H27N3O3/c22-17-16(19-24)13-20(11-14-7-3-1-4-8-14)18(23)21(17)12-15-9-5-2-6-10-15/h13-15H,1-12H2. The van der Waals surface area contributed by atoms with Crippen molar-refractivity contribution in [2.75, 3.05) is 0 Å². The summed E-state index contributed by atoms with van der Waals surface area (Å²) < 4.78 is 2.81. The van der Waals surface area contributed by atoms with Crippen molar-refractivity contribution in [3.63, 3.8) is 0 Å². The molecule has 2 aliphatic rings. The zero-order chi connectivity index (χ0) is 16.9. The van der Waals surface area contributed by atoms with Crippen molar-refractivity contribution >= 4 is 5.69 Å². The monoisotopic (exact) mass is 333 g/mol. The number of nitroso groups, excluding NO2 is 1. The maximum absolute atomic E-state index is 12.8. The third-order valence-corrected chi connectivity index (χ3v) is 5.66. The highest BCUT2D eigenvalue weighted by molar-refractivity contribution is 5.29. The van der Waals surface area contributed by atoms with Gasteiger partial charge in [-0.3, -0.25) is 13.9 Å². The third kappa shape index (κ3) is 3.84. The normalized spacial score (nSPS) is 20.2. The summed E-state index contributed by atoms with van der Waals surface area (Å²) in [6, 6.07) is 0. The Bertz CT molecular complexity index is 680. The van der Waals surface area contributed by atoms with Gasteiger partial charge in [-0.25, -0.2) is 4.79 Å². The van der Waals surface area contributed by atoms with Crippen LogP contribution in [0.3, 0.4) is 0 Å². The molecule has 2 saturated carbocycles. The average Bonchev–Trinajstić information content (AvgIpc) is 2.63. The molecular formula is C18H27N3O3. The molecule has 0 atom stereocenters. The maximum Gasteiger partial charge on any atom is 0.331 e. The third-order valence-electron chi connectivity index (χ3n) is 5.66. The topological polar surface area (TPSA) is 73.4 Å². The Morgan fingerprint density at radius 1 is 0.875 bits per heavy atom. The molecule has 0 unspecified atom stereocenters. The van der Waals surface area contributed by atoms with E-state index in [1.165, 1.54) is 36.4 Å². The van der Waals surface area contributed by atoms with E-state index in [-0.39, 0.29) is 11.4 Å². The van der Waals surface area contributed by atoms with E-state index in [0.29, 0.717) is 24.9 Å². The van der Waals surface area contributed by atoms with Crippen LogP contribution in [0.1, 0.15) is 64.2 Å². The van der Waals surface area contributed by atoms with E-state index in [1.807, 2.05) is 0 Å². The molecule has 2 aliphatic carbocycles. The van der Waals surface area contributed by atoms with Crippen LogP contribution in [0.4, 0.5) is 5.69 Å². The molecule has 24 heavy (non-hydrogen) atoms. The fourth-order valence-corrected chi connectivity index (χ4v) is 4.27. The Morgan fingerprint density at radius 3 is 1.96 bits per heavy atom. The van der Waals surface area contributed by atoms with E-state index in [0.717, 1.165) is 38.5 Å². The van der Waals surface area contributed by atoms with Crippen LogP contribution in [-0.2, 0) is 13.1 Å². The van der Waals surface area contributed by atoms with Gasteiger partial charge in [0, 0.05) is 19.3 Å². The van der Waals surface area contributed by atoms with E-state index in [1.54, 1.807) is 4.57 Å². The molecule has 6 nitrogen and oxygen atoms in total. The van der Waals surface area contributed by atoms with Gasteiger partial charge in [-0.1, -0.05) is 38.5 Å². The first kappa shape index (κ1) is 17.1. The lowest BCUT2D eigenvalue weighted by Gasteiger charge is -2.24. The number of nitrogens with zero attached hydrogens (tertiary/aromatic N) is 3. The highest BCUT2D eigenvalue weighted by Crippen LogP contribution is 2.26. The van der Waals surface area contributed by atoms with Crippen LogP contribution in [0.2, 0.25) is 0 Å². The van der Waals surface area contributed by atoms with Crippen LogP contribution in [0.5, 0.6) is 0 Å². The second kappa shape index (κ2) is 7.90. The number of rotatable bonds is 5. The number of aromatic nitrogens is 2. The molecule has 0 amide bonds. The SMILES string of the molecule is O=Nc1cn(CC2CCCCC2)c(=O)n(CC2CCCCC2)c1=O. The Labute approximate surface area is 141 Å². The van der Waals surface area contributed by atoms with Crippen molar-refractivity contribution < 1.29 is 0 Å². The summed E-state index contributed by atoms with van der Waals surface area (Å²) in [6.07, 6.45) is 12.9. The van der Waals surface area contributed by atoms with Crippen molar-refractivity contribution in [2.45, 2.75) is 77.3 Å². The lowest BCUT2D eigenvalue weighted by atomic mass is 9.89. The van der Waals surface area contributed by atoms with E-state index >= 15 is 0 Å². The van der Waals surface area contributed by atoms with Crippen molar-refractivity contribution in [2.24, 2.45) is 17.0 Å². The fraction of sp³-hybridized carbons (Fsp3) is 0.778. The molecule has 0 radical (unpaired) electrons. The predicted octanol–water partition coefficient (Wildman–Crippen LogP) is 3.57. The molecular weight excluding hydrogens is 306 g/mol. The van der Waals surface area contributed by atoms with Gasteiger partial charge < -0.3 is 0 Å². The molecule has 0 aromatic carbocycles. The van der Waals surface area contributed by atoms with Gasteiger partial charge in [0.1, 0.15) is 0 Å². The quantitative estimate of drug-likeness (QED) is 0.773. The molecule has 0 spiro atoms. The van der Waals surface area contributed by atoms with E-state index < -0.39 is 5.56 Å². The number of hydrogen-bond acceptors (Lipinski definition) is 4. The van der Waals surface area contributed by atoms with Crippen molar-refractivity contribution in [1.29, 1.82) is 0 Å². The Hall–Kier alpha value is -1.72. The summed E-state index contributed by atoms with van der Waals surface area (Å²) in [7, 11) is 0. The van der Waals surface area contributed by atoms with Crippen molar-refractivity contribution in [3.8, 4) is 0 Å². The first-order valence-electron chi connectivity index (χ1n) is 9.36. The molecule has 6 heteroatoms. The maximum atomic E-state index is 12.8. The summed E-state index contributed by atoms with van der Waals surface area (Å²) in [4.78, 5) is 36.2. The van der Waals surface area contributed by atoms with E-state index in [2.05, 4.69) is 5.18 Å². The van der Waals surface area contributed by atoms with Crippen LogP contribution in [0.25, 0.3) is 0 Å². The molecule has 1 aromatic heterocycles. The lowest BCUT2D eigenvalue weighted by Crippen LogP contribution is -2.42. The molecule has 0 bridgehead atoms. The molecule has 3 rings (SSSR count). The summed E-state index contributed by atoms with van der Waals surface area (Å²) in [5.41, 5.74) is -0.940. The van der Waals surface area contributed by atoms with Crippen LogP contribution in [0.15, 0.2) is 21.0 Å². The van der Waals surface area contributed by atoms with Gasteiger partial charge in [0.05, 0.1) is 0 Å². The van der Waals surface area contributed by atoms with Gasteiger partial charge in [-0.15, -0.1) is 4.91 Å². The van der Waals surface area contributed by atoms with Gasteiger partial charge in [-0.05, 0) is 42.7 Å². The lowest BCUT2D eigenvalue weighted by molar-refractivity contribution is 0.293. The Balaban J connectivity index is 1.88. The highest BCUT2D eigenvalue weighted by atomic mass is 16.3. The zero-order valence-corrected chi connectivity index (χ0v) is 14.3. The van der Waals surface area contributed by atoms with Crippen LogP contribution < -0.4 is 11.2 Å². The van der Waals surface area contributed by atoms with Gasteiger partial charge in [0.15, 0.2) is 5.69 Å². The minimum Gasteiger partial charge on any atom is -0.298 e. The van der Waals surface area contributed by atoms with Crippen molar-refractivity contribution in [1.82, 2.24) is 9.13 Å². The molecule has 1 heterocycles. The summed E-state index contributed by atoms with van der Waals surface area (Å²) >= 11 is 0.